The van der Waals surface area contributed by atoms with Crippen molar-refractivity contribution < 1.29 is 29.1 Å². The fourth-order valence-electron chi connectivity index (χ4n) is 4.72. The summed E-state index contributed by atoms with van der Waals surface area (Å²) in [4.78, 5) is 67.8. The maximum absolute atomic E-state index is 12.9. The fraction of sp³-hybridized carbons (Fsp3) is 0.276. The van der Waals surface area contributed by atoms with E-state index in [1.165, 1.54) is 0 Å². The summed E-state index contributed by atoms with van der Waals surface area (Å²) in [6, 6.07) is 11.5. The molecule has 0 aliphatic carbocycles. The van der Waals surface area contributed by atoms with Gasteiger partial charge in [-0.2, -0.15) is 0 Å². The van der Waals surface area contributed by atoms with Crippen LogP contribution < -0.4 is 27.4 Å². The second-order valence-corrected chi connectivity index (χ2v) is 9.98. The van der Waals surface area contributed by atoms with Crippen molar-refractivity contribution in [2.75, 3.05) is 6.54 Å². The standard InChI is InChI=1S/C29H33N7O6/c30-20(11-16-13-32-21-7-3-1-5-18(16)21)27(39)36-23(9-10-25(31)37)28(40)34-15-26(38)35-24(29(41)42)12-17-14-33-22-8-4-2-6-19(17)22/h1-8,13-14,20,23-24,32-33H,9-12,15,30H2,(H2,31,37)(H,34,40)(H,35,38)(H,36,39)(H,41,42). The molecule has 4 rings (SSSR count). The number of aromatic nitrogens is 2. The molecular formula is C29H33N7O6. The largest absolute Gasteiger partial charge is 0.480 e. The maximum atomic E-state index is 12.9. The van der Waals surface area contributed by atoms with Crippen LogP contribution in [-0.4, -0.2) is 69.3 Å². The van der Waals surface area contributed by atoms with Crippen molar-refractivity contribution in [3.8, 4) is 0 Å². The number of nitrogens with two attached hydrogens (primary N) is 2. The second kappa shape index (κ2) is 13.5. The second-order valence-electron chi connectivity index (χ2n) is 9.98. The molecule has 2 aromatic carbocycles. The normalized spacial score (nSPS) is 13.3. The highest BCUT2D eigenvalue weighted by Gasteiger charge is 2.26. The summed E-state index contributed by atoms with van der Waals surface area (Å²) in [5.41, 5.74) is 14.6. The minimum absolute atomic E-state index is 0.0185. The third-order valence-electron chi connectivity index (χ3n) is 6.92. The van der Waals surface area contributed by atoms with Gasteiger partial charge in [-0.15, -0.1) is 0 Å². The number of benzene rings is 2. The quantitative estimate of drug-likeness (QED) is 0.104. The zero-order valence-electron chi connectivity index (χ0n) is 22.7. The Morgan fingerprint density at radius 1 is 0.786 bits per heavy atom. The zero-order valence-corrected chi connectivity index (χ0v) is 22.7. The van der Waals surface area contributed by atoms with E-state index in [9.17, 15) is 29.1 Å². The van der Waals surface area contributed by atoms with Crippen LogP contribution in [0.3, 0.4) is 0 Å². The molecule has 0 saturated heterocycles. The van der Waals surface area contributed by atoms with Gasteiger partial charge in [-0.05, 0) is 36.1 Å². The maximum Gasteiger partial charge on any atom is 0.326 e. The van der Waals surface area contributed by atoms with Crippen molar-refractivity contribution in [2.45, 2.75) is 43.8 Å². The molecule has 3 unspecified atom stereocenters. The minimum atomic E-state index is -1.25. The van der Waals surface area contributed by atoms with Crippen molar-refractivity contribution >= 4 is 51.4 Å². The van der Waals surface area contributed by atoms with Crippen molar-refractivity contribution in [1.82, 2.24) is 25.9 Å². The average Bonchev–Trinajstić information content (AvgIpc) is 3.57. The first kappa shape index (κ1) is 29.8. The van der Waals surface area contributed by atoms with Crippen LogP contribution >= 0.6 is 0 Å². The van der Waals surface area contributed by atoms with Gasteiger partial charge in [-0.1, -0.05) is 36.4 Å². The molecule has 0 aliphatic rings. The predicted molar refractivity (Wildman–Crippen MR) is 155 cm³/mol. The minimum Gasteiger partial charge on any atom is -0.480 e. The monoisotopic (exact) mass is 575 g/mol. The Balaban J connectivity index is 1.34. The summed E-state index contributed by atoms with van der Waals surface area (Å²) in [5.74, 6) is -4.03. The van der Waals surface area contributed by atoms with Crippen LogP contribution in [0.15, 0.2) is 60.9 Å². The van der Waals surface area contributed by atoms with Crippen LogP contribution in [-0.2, 0) is 36.8 Å². The van der Waals surface area contributed by atoms with Crippen LogP contribution in [0, 0.1) is 0 Å². The lowest BCUT2D eigenvalue weighted by atomic mass is 10.0. The fourth-order valence-corrected chi connectivity index (χ4v) is 4.72. The highest BCUT2D eigenvalue weighted by molar-refractivity contribution is 5.93. The lowest BCUT2D eigenvalue weighted by Crippen LogP contribution is -2.54. The molecule has 4 aromatic rings. The average molecular weight is 576 g/mol. The highest BCUT2D eigenvalue weighted by atomic mass is 16.4. The van der Waals surface area contributed by atoms with Crippen LogP contribution in [0.5, 0.6) is 0 Å². The number of aromatic amines is 2. The lowest BCUT2D eigenvalue weighted by Gasteiger charge is -2.21. The number of nitrogens with one attached hydrogen (secondary N) is 5. The van der Waals surface area contributed by atoms with Gasteiger partial charge in [0.15, 0.2) is 0 Å². The Morgan fingerprint density at radius 3 is 1.93 bits per heavy atom. The van der Waals surface area contributed by atoms with Crippen molar-refractivity contribution in [3.63, 3.8) is 0 Å². The SMILES string of the molecule is NC(=O)CCC(NC(=O)C(N)Cc1c[nH]c2ccccc12)C(=O)NCC(=O)NC(Cc1c[nH]c2ccccc12)C(=O)O. The number of amides is 4. The van der Waals surface area contributed by atoms with E-state index in [0.29, 0.717) is 5.56 Å². The van der Waals surface area contributed by atoms with Crippen LogP contribution in [0.4, 0.5) is 0 Å². The Bertz CT molecular complexity index is 1610. The molecule has 0 aliphatic heterocycles. The van der Waals surface area contributed by atoms with Gasteiger partial charge in [-0.25, -0.2) is 4.79 Å². The van der Waals surface area contributed by atoms with Crippen LogP contribution in [0.25, 0.3) is 21.8 Å². The van der Waals surface area contributed by atoms with E-state index in [2.05, 4.69) is 25.9 Å². The van der Waals surface area contributed by atoms with Gasteiger partial charge in [0.2, 0.25) is 23.6 Å². The molecular weight excluding hydrogens is 542 g/mol. The molecule has 42 heavy (non-hydrogen) atoms. The van der Waals surface area contributed by atoms with E-state index >= 15 is 0 Å². The van der Waals surface area contributed by atoms with E-state index < -0.39 is 54.3 Å². The topological polar surface area (TPSA) is 225 Å². The zero-order chi connectivity index (χ0) is 30.2. The molecule has 13 nitrogen and oxygen atoms in total. The number of hydrogen-bond donors (Lipinski definition) is 8. The summed E-state index contributed by atoms with van der Waals surface area (Å²) >= 11 is 0. The number of carboxylic acid groups (broad SMARTS) is 1. The number of carboxylic acids is 1. The van der Waals surface area contributed by atoms with E-state index in [1.54, 1.807) is 12.4 Å². The molecule has 0 bridgehead atoms. The van der Waals surface area contributed by atoms with Gasteiger partial charge in [0.25, 0.3) is 0 Å². The van der Waals surface area contributed by atoms with Gasteiger partial charge in [0, 0.05) is 47.0 Å². The van der Waals surface area contributed by atoms with Gasteiger partial charge < -0.3 is 42.5 Å². The predicted octanol–water partition coefficient (Wildman–Crippen LogP) is 0.198. The van der Waals surface area contributed by atoms with Gasteiger partial charge in [-0.3, -0.25) is 19.2 Å². The molecule has 3 atom stereocenters. The first-order valence-electron chi connectivity index (χ1n) is 13.4. The van der Waals surface area contributed by atoms with Crippen LogP contribution in [0.2, 0.25) is 0 Å². The first-order valence-corrected chi connectivity index (χ1v) is 13.4. The highest BCUT2D eigenvalue weighted by Crippen LogP contribution is 2.20. The molecule has 0 fully saturated rings. The van der Waals surface area contributed by atoms with E-state index in [1.807, 2.05) is 48.5 Å². The molecule has 0 spiro atoms. The number of para-hydroxylation sites is 2. The number of rotatable bonds is 14. The number of H-pyrrole nitrogens is 2. The van der Waals surface area contributed by atoms with Crippen molar-refractivity contribution in [3.05, 3.63) is 72.1 Å². The van der Waals surface area contributed by atoms with Gasteiger partial charge in [0.05, 0.1) is 12.6 Å². The van der Waals surface area contributed by atoms with E-state index in [4.69, 9.17) is 11.5 Å². The molecule has 0 saturated carbocycles. The Kier molecular flexibility index (Phi) is 9.55. The molecule has 220 valence electrons. The Labute approximate surface area is 240 Å². The summed E-state index contributed by atoms with van der Waals surface area (Å²) in [5, 5.41) is 18.8. The van der Waals surface area contributed by atoms with Gasteiger partial charge in [0.1, 0.15) is 12.1 Å². The van der Waals surface area contributed by atoms with E-state index in [-0.39, 0.29) is 25.7 Å². The van der Waals surface area contributed by atoms with Crippen molar-refractivity contribution in [1.29, 1.82) is 0 Å². The van der Waals surface area contributed by atoms with Crippen molar-refractivity contribution in [2.24, 2.45) is 11.5 Å². The Hall–Kier alpha value is -5.17. The molecule has 0 radical (unpaired) electrons. The Morgan fingerprint density at radius 2 is 1.36 bits per heavy atom. The molecule has 13 heteroatoms. The number of aliphatic carboxylic acids is 1. The molecule has 2 heterocycles. The summed E-state index contributed by atoms with van der Waals surface area (Å²) < 4.78 is 0. The third-order valence-corrected chi connectivity index (χ3v) is 6.92. The summed E-state index contributed by atoms with van der Waals surface area (Å²) in [6.45, 7) is -0.555. The number of carbonyl (C=O) groups is 5. The third kappa shape index (κ3) is 7.52. The molecule has 10 N–H and O–H groups in total. The van der Waals surface area contributed by atoms with E-state index in [0.717, 1.165) is 27.4 Å². The number of primary amides is 1. The summed E-state index contributed by atoms with van der Waals surface area (Å²) in [6.07, 6.45) is 3.33. The van der Waals surface area contributed by atoms with Gasteiger partial charge >= 0.3 is 5.97 Å². The smallest absolute Gasteiger partial charge is 0.326 e. The number of hydrogen-bond acceptors (Lipinski definition) is 6. The van der Waals surface area contributed by atoms with Crippen LogP contribution in [0.1, 0.15) is 24.0 Å². The lowest BCUT2D eigenvalue weighted by molar-refractivity contribution is -0.141. The summed E-state index contributed by atoms with van der Waals surface area (Å²) in [7, 11) is 0. The molecule has 2 aromatic heterocycles. The molecule has 4 amide bonds. The first-order chi connectivity index (χ1) is 20.1. The number of fused-ring (bicyclic) bond motifs is 2. The number of carbonyl (C=O) groups excluding carboxylic acids is 4.